The molecule has 0 saturated carbocycles. The zero-order valence-electron chi connectivity index (χ0n) is 21.2. The molecule has 198 valence electrons. The summed E-state index contributed by atoms with van der Waals surface area (Å²) in [5, 5.41) is 13.1. The van der Waals surface area contributed by atoms with Crippen molar-refractivity contribution in [2.45, 2.75) is 44.6 Å². The number of rotatable bonds is 9. The summed E-state index contributed by atoms with van der Waals surface area (Å²) in [6.07, 6.45) is 2.01. The molecule has 1 aromatic heterocycles. The first-order valence-electron chi connectivity index (χ1n) is 12.3. The maximum Gasteiger partial charge on any atom is 0.269 e. The standard InChI is InChI=1S/C26H32N4O5S2/c1-19(2)4-5-20(3)29-25(21-6-10-23(11-7-21)30(31)32)18-36-26(29)27-22-8-12-24(13-9-22)37(33,34)28-14-16-35-17-15-28/h6-13,18-20H,4-5,14-17H2,1-3H3. The van der Waals surface area contributed by atoms with Gasteiger partial charge in [0.2, 0.25) is 10.0 Å². The first-order valence-corrected chi connectivity index (χ1v) is 14.7. The molecule has 1 unspecified atom stereocenters. The van der Waals surface area contributed by atoms with Gasteiger partial charge in [-0.1, -0.05) is 13.8 Å². The summed E-state index contributed by atoms with van der Waals surface area (Å²) >= 11 is 1.49. The van der Waals surface area contributed by atoms with Crippen molar-refractivity contribution in [1.82, 2.24) is 8.87 Å². The van der Waals surface area contributed by atoms with Crippen molar-refractivity contribution >= 4 is 32.7 Å². The minimum Gasteiger partial charge on any atom is -0.379 e. The molecule has 37 heavy (non-hydrogen) atoms. The average Bonchev–Trinajstić information content (AvgIpc) is 3.31. The van der Waals surface area contributed by atoms with E-state index in [-0.39, 0.29) is 16.6 Å². The normalized spacial score (nSPS) is 16.3. The van der Waals surface area contributed by atoms with Gasteiger partial charge < -0.3 is 9.30 Å². The topological polar surface area (TPSA) is 107 Å². The summed E-state index contributed by atoms with van der Waals surface area (Å²) in [5.41, 5.74) is 2.53. The van der Waals surface area contributed by atoms with E-state index in [1.807, 2.05) is 5.38 Å². The van der Waals surface area contributed by atoms with Crippen LogP contribution >= 0.6 is 11.3 Å². The number of nitro groups is 1. The summed E-state index contributed by atoms with van der Waals surface area (Å²) in [7, 11) is -3.57. The Kier molecular flexibility index (Phi) is 8.58. The highest BCUT2D eigenvalue weighted by Gasteiger charge is 2.26. The number of nitro benzene ring substituents is 1. The van der Waals surface area contributed by atoms with E-state index in [0.29, 0.717) is 37.9 Å². The van der Waals surface area contributed by atoms with E-state index in [4.69, 9.17) is 9.73 Å². The molecule has 0 bridgehead atoms. The van der Waals surface area contributed by atoms with Crippen LogP contribution in [0.5, 0.6) is 0 Å². The number of thiazole rings is 1. The number of hydrogen-bond donors (Lipinski definition) is 0. The Labute approximate surface area is 221 Å². The molecule has 0 aliphatic carbocycles. The molecule has 2 heterocycles. The molecule has 9 nitrogen and oxygen atoms in total. The van der Waals surface area contributed by atoms with Crippen molar-refractivity contribution < 1.29 is 18.1 Å². The van der Waals surface area contributed by atoms with E-state index in [1.54, 1.807) is 36.4 Å². The van der Waals surface area contributed by atoms with Gasteiger partial charge in [-0.15, -0.1) is 11.3 Å². The van der Waals surface area contributed by atoms with E-state index < -0.39 is 14.9 Å². The summed E-state index contributed by atoms with van der Waals surface area (Å²) in [4.78, 5) is 16.6. The largest absolute Gasteiger partial charge is 0.379 e. The van der Waals surface area contributed by atoms with Crippen LogP contribution in [0.3, 0.4) is 0 Å². The Balaban J connectivity index is 1.69. The predicted octanol–water partition coefficient (Wildman–Crippen LogP) is 5.38. The average molecular weight is 545 g/mol. The molecule has 1 atom stereocenters. The van der Waals surface area contributed by atoms with Gasteiger partial charge in [-0.2, -0.15) is 4.31 Å². The zero-order valence-corrected chi connectivity index (χ0v) is 22.9. The quantitative estimate of drug-likeness (QED) is 0.266. The molecule has 3 aromatic rings. The third kappa shape index (κ3) is 6.35. The highest BCUT2D eigenvalue weighted by Crippen LogP contribution is 2.28. The lowest BCUT2D eigenvalue weighted by atomic mass is 10.0. The monoisotopic (exact) mass is 544 g/mol. The third-order valence-corrected chi connectivity index (χ3v) is 9.14. The van der Waals surface area contributed by atoms with Crippen LogP contribution in [0.25, 0.3) is 11.3 Å². The van der Waals surface area contributed by atoms with Crippen molar-refractivity contribution in [3.63, 3.8) is 0 Å². The van der Waals surface area contributed by atoms with Crippen molar-refractivity contribution in [3.05, 3.63) is 68.8 Å². The van der Waals surface area contributed by atoms with Crippen LogP contribution in [0.4, 0.5) is 11.4 Å². The number of morpholine rings is 1. The van der Waals surface area contributed by atoms with Crippen molar-refractivity contribution in [3.8, 4) is 11.3 Å². The van der Waals surface area contributed by atoms with Crippen LogP contribution in [0.1, 0.15) is 39.7 Å². The molecule has 2 aromatic carbocycles. The van der Waals surface area contributed by atoms with Crippen molar-refractivity contribution in [2.75, 3.05) is 26.3 Å². The number of hydrogen-bond acceptors (Lipinski definition) is 7. The molecular formula is C26H32N4O5S2. The van der Waals surface area contributed by atoms with E-state index in [9.17, 15) is 18.5 Å². The highest BCUT2D eigenvalue weighted by atomic mass is 32.2. The van der Waals surface area contributed by atoms with E-state index in [1.165, 1.54) is 27.8 Å². The Morgan fingerprint density at radius 1 is 1.03 bits per heavy atom. The summed E-state index contributed by atoms with van der Waals surface area (Å²) in [6.45, 7) is 8.04. The van der Waals surface area contributed by atoms with Crippen LogP contribution in [0.15, 0.2) is 63.8 Å². The van der Waals surface area contributed by atoms with Gasteiger partial charge in [0.1, 0.15) is 0 Å². The number of benzene rings is 2. The van der Waals surface area contributed by atoms with Gasteiger partial charge in [0.05, 0.1) is 34.4 Å². The van der Waals surface area contributed by atoms with E-state index in [2.05, 4.69) is 25.3 Å². The minimum atomic E-state index is -3.57. The molecule has 0 N–H and O–H groups in total. The number of aromatic nitrogens is 1. The van der Waals surface area contributed by atoms with Crippen LogP contribution in [-0.4, -0.2) is 48.5 Å². The molecule has 11 heteroatoms. The highest BCUT2D eigenvalue weighted by molar-refractivity contribution is 7.89. The molecule has 0 amide bonds. The van der Waals surface area contributed by atoms with Crippen LogP contribution in [0, 0.1) is 16.0 Å². The van der Waals surface area contributed by atoms with E-state index in [0.717, 1.165) is 28.9 Å². The molecule has 0 spiro atoms. The third-order valence-electron chi connectivity index (χ3n) is 6.39. The van der Waals surface area contributed by atoms with Crippen molar-refractivity contribution in [2.24, 2.45) is 10.9 Å². The number of nitrogens with zero attached hydrogens (tertiary/aromatic N) is 4. The van der Waals surface area contributed by atoms with E-state index >= 15 is 0 Å². The van der Waals surface area contributed by atoms with Crippen molar-refractivity contribution in [1.29, 1.82) is 0 Å². The smallest absolute Gasteiger partial charge is 0.269 e. The first-order chi connectivity index (χ1) is 17.7. The number of ether oxygens (including phenoxy) is 1. The number of sulfonamides is 1. The van der Waals surface area contributed by atoms with Gasteiger partial charge in [0, 0.05) is 36.6 Å². The fourth-order valence-electron chi connectivity index (χ4n) is 4.24. The van der Waals surface area contributed by atoms with Crippen LogP contribution in [-0.2, 0) is 14.8 Å². The summed E-state index contributed by atoms with van der Waals surface area (Å²) in [6, 6.07) is 13.4. The molecule has 4 rings (SSSR count). The van der Waals surface area contributed by atoms with Crippen LogP contribution < -0.4 is 4.80 Å². The molecule has 1 fully saturated rings. The van der Waals surface area contributed by atoms with Gasteiger partial charge in [0.15, 0.2) is 4.80 Å². The summed E-state index contributed by atoms with van der Waals surface area (Å²) in [5.74, 6) is 0.561. The zero-order chi connectivity index (χ0) is 26.6. The Hall–Kier alpha value is -2.86. The predicted molar refractivity (Wildman–Crippen MR) is 144 cm³/mol. The number of non-ortho nitro benzene ring substituents is 1. The Morgan fingerprint density at radius 2 is 1.68 bits per heavy atom. The minimum absolute atomic E-state index is 0.0513. The van der Waals surface area contributed by atoms with Gasteiger partial charge >= 0.3 is 0 Å². The lowest BCUT2D eigenvalue weighted by molar-refractivity contribution is -0.384. The lowest BCUT2D eigenvalue weighted by Crippen LogP contribution is -2.40. The lowest BCUT2D eigenvalue weighted by Gasteiger charge is -2.26. The van der Waals surface area contributed by atoms with Gasteiger partial charge in [-0.25, -0.2) is 13.4 Å². The second-order valence-corrected chi connectivity index (χ2v) is 12.3. The van der Waals surface area contributed by atoms with Gasteiger partial charge in [-0.3, -0.25) is 10.1 Å². The fraction of sp³-hybridized carbons (Fsp3) is 0.423. The SMILES string of the molecule is CC(C)CCC(C)n1c(-c2ccc([N+](=O)[O-])cc2)csc1=Nc1ccc(S(=O)(=O)N2CCOCC2)cc1. The molecule has 1 aliphatic rings. The maximum atomic E-state index is 12.9. The fourth-order valence-corrected chi connectivity index (χ4v) is 6.66. The second-order valence-electron chi connectivity index (χ2n) is 9.52. The summed E-state index contributed by atoms with van der Waals surface area (Å²) < 4.78 is 34.8. The van der Waals surface area contributed by atoms with Gasteiger partial charge in [0.25, 0.3) is 5.69 Å². The second kappa shape index (κ2) is 11.7. The first kappa shape index (κ1) is 27.2. The molecule has 1 saturated heterocycles. The maximum absolute atomic E-state index is 12.9. The molecule has 0 radical (unpaired) electrons. The Bertz CT molecular complexity index is 1390. The van der Waals surface area contributed by atoms with Crippen LogP contribution in [0.2, 0.25) is 0 Å². The van der Waals surface area contributed by atoms with Gasteiger partial charge in [-0.05, 0) is 67.6 Å². The molecule has 1 aliphatic heterocycles. The Morgan fingerprint density at radius 3 is 2.27 bits per heavy atom. The molecular weight excluding hydrogens is 512 g/mol.